The highest BCUT2D eigenvalue weighted by Crippen LogP contribution is 2.29. The van der Waals surface area contributed by atoms with Gasteiger partial charge in [-0.2, -0.15) is 4.98 Å². The smallest absolute Gasteiger partial charge is 0.239 e. The fraction of sp³-hybridized carbons (Fsp3) is 0.316. The zero-order valence-electron chi connectivity index (χ0n) is 15.2. The van der Waals surface area contributed by atoms with Gasteiger partial charge in [-0.05, 0) is 37.1 Å². The molecule has 1 aliphatic heterocycles. The van der Waals surface area contributed by atoms with E-state index in [-0.39, 0.29) is 0 Å². The number of ether oxygens (including phenoxy) is 1. The minimum absolute atomic E-state index is 0.349. The SMILES string of the molecule is COc1ccc(-c2cc(-c3cnc(NN4CCCCC4)nc3N)on2)cc1. The molecule has 140 valence electrons. The minimum atomic E-state index is 0.349. The summed E-state index contributed by atoms with van der Waals surface area (Å²) in [5.74, 6) is 2.16. The van der Waals surface area contributed by atoms with Gasteiger partial charge in [-0.3, -0.25) is 5.43 Å². The van der Waals surface area contributed by atoms with E-state index in [9.17, 15) is 0 Å². The third-order valence-electron chi connectivity index (χ3n) is 4.59. The van der Waals surface area contributed by atoms with Crippen LogP contribution in [0, 0.1) is 0 Å². The van der Waals surface area contributed by atoms with Crippen molar-refractivity contribution in [3.63, 3.8) is 0 Å². The van der Waals surface area contributed by atoms with Crippen molar-refractivity contribution >= 4 is 11.8 Å². The Hall–Kier alpha value is -3.13. The molecule has 0 saturated carbocycles. The van der Waals surface area contributed by atoms with Gasteiger partial charge in [-0.15, -0.1) is 0 Å². The molecular formula is C19H22N6O2. The highest BCUT2D eigenvalue weighted by atomic mass is 16.5. The Kier molecular flexibility index (Phi) is 4.88. The maximum Gasteiger partial charge on any atom is 0.239 e. The van der Waals surface area contributed by atoms with Gasteiger partial charge < -0.3 is 15.0 Å². The molecule has 0 atom stereocenters. The van der Waals surface area contributed by atoms with Crippen LogP contribution in [0.5, 0.6) is 5.75 Å². The molecule has 3 heterocycles. The van der Waals surface area contributed by atoms with Crippen molar-refractivity contribution in [2.75, 3.05) is 31.4 Å². The fourth-order valence-electron chi connectivity index (χ4n) is 3.09. The zero-order chi connectivity index (χ0) is 18.6. The number of hydrogen-bond acceptors (Lipinski definition) is 8. The fourth-order valence-corrected chi connectivity index (χ4v) is 3.09. The maximum absolute atomic E-state index is 6.13. The summed E-state index contributed by atoms with van der Waals surface area (Å²) in [6.07, 6.45) is 5.27. The van der Waals surface area contributed by atoms with Gasteiger partial charge in [0.05, 0.1) is 12.7 Å². The van der Waals surface area contributed by atoms with Crippen LogP contribution in [0.15, 0.2) is 41.1 Å². The average molecular weight is 366 g/mol. The van der Waals surface area contributed by atoms with Crippen molar-refractivity contribution in [2.45, 2.75) is 19.3 Å². The summed E-state index contributed by atoms with van der Waals surface area (Å²) in [6.45, 7) is 1.97. The molecule has 0 spiro atoms. The van der Waals surface area contributed by atoms with Crippen molar-refractivity contribution in [1.29, 1.82) is 0 Å². The molecule has 0 unspecified atom stereocenters. The van der Waals surface area contributed by atoms with Crippen LogP contribution in [0.25, 0.3) is 22.6 Å². The van der Waals surface area contributed by atoms with Gasteiger partial charge in [0.2, 0.25) is 5.95 Å². The number of rotatable bonds is 5. The molecule has 1 aromatic carbocycles. The predicted octanol–water partition coefficient (Wildman–Crippen LogP) is 3.20. The number of nitrogens with two attached hydrogens (primary N) is 1. The second kappa shape index (κ2) is 7.63. The number of piperidine rings is 1. The number of nitrogens with one attached hydrogen (secondary N) is 1. The topological polar surface area (TPSA) is 102 Å². The molecule has 0 bridgehead atoms. The maximum atomic E-state index is 6.13. The number of aromatic nitrogens is 3. The number of anilines is 2. The average Bonchev–Trinajstić information content (AvgIpc) is 3.19. The second-order valence-electron chi connectivity index (χ2n) is 6.46. The van der Waals surface area contributed by atoms with Crippen LogP contribution in [0.4, 0.5) is 11.8 Å². The summed E-state index contributed by atoms with van der Waals surface area (Å²) in [4.78, 5) is 8.72. The highest BCUT2D eigenvalue weighted by Gasteiger charge is 2.15. The van der Waals surface area contributed by atoms with Crippen molar-refractivity contribution < 1.29 is 9.26 Å². The van der Waals surface area contributed by atoms with Gasteiger partial charge in [0, 0.05) is 30.9 Å². The summed E-state index contributed by atoms with van der Waals surface area (Å²) in [6, 6.07) is 9.43. The second-order valence-corrected chi connectivity index (χ2v) is 6.46. The van der Waals surface area contributed by atoms with E-state index >= 15 is 0 Å². The molecule has 2 aromatic heterocycles. The highest BCUT2D eigenvalue weighted by molar-refractivity contribution is 5.73. The van der Waals surface area contributed by atoms with Gasteiger partial charge in [-0.1, -0.05) is 11.6 Å². The molecule has 0 radical (unpaired) electrons. The van der Waals surface area contributed by atoms with Crippen molar-refractivity contribution in [3.8, 4) is 28.3 Å². The van der Waals surface area contributed by atoms with Crippen LogP contribution < -0.4 is 15.9 Å². The van der Waals surface area contributed by atoms with Gasteiger partial charge in [0.25, 0.3) is 0 Å². The van der Waals surface area contributed by atoms with E-state index in [2.05, 4.69) is 25.6 Å². The van der Waals surface area contributed by atoms with Crippen LogP contribution >= 0.6 is 0 Å². The first-order chi connectivity index (χ1) is 13.2. The summed E-state index contributed by atoms with van der Waals surface area (Å²) in [5, 5.41) is 6.24. The van der Waals surface area contributed by atoms with Crippen molar-refractivity contribution in [1.82, 2.24) is 20.1 Å². The number of hydrogen-bond donors (Lipinski definition) is 2. The largest absolute Gasteiger partial charge is 0.497 e. The Labute approximate surface area is 157 Å². The van der Waals surface area contributed by atoms with Crippen LogP contribution in [0.2, 0.25) is 0 Å². The Bertz CT molecular complexity index is 903. The lowest BCUT2D eigenvalue weighted by Gasteiger charge is -2.26. The van der Waals surface area contributed by atoms with Gasteiger partial charge in [0.1, 0.15) is 17.3 Å². The predicted molar refractivity (Wildman–Crippen MR) is 103 cm³/mol. The van der Waals surface area contributed by atoms with E-state index in [1.165, 1.54) is 19.3 Å². The molecule has 1 aliphatic rings. The van der Waals surface area contributed by atoms with Crippen LogP contribution in [-0.4, -0.2) is 40.3 Å². The molecule has 0 aliphatic carbocycles. The molecule has 27 heavy (non-hydrogen) atoms. The van der Waals surface area contributed by atoms with Gasteiger partial charge in [-0.25, -0.2) is 9.99 Å². The Morgan fingerprint density at radius 3 is 2.63 bits per heavy atom. The van der Waals surface area contributed by atoms with E-state index in [1.54, 1.807) is 13.3 Å². The lowest BCUT2D eigenvalue weighted by molar-refractivity contribution is 0.271. The Morgan fingerprint density at radius 1 is 1.15 bits per heavy atom. The molecular weight excluding hydrogens is 344 g/mol. The standard InChI is InChI=1S/C19H22N6O2/c1-26-14-7-5-13(6-8-14)16-11-17(27-24-16)15-12-21-19(22-18(15)20)23-25-9-3-2-4-10-25/h5-8,11-12H,2-4,9-10H2,1H3,(H3,20,21,22,23). The number of benzene rings is 1. The first kappa shape index (κ1) is 17.3. The summed E-state index contributed by atoms with van der Waals surface area (Å²) >= 11 is 0. The van der Waals surface area contributed by atoms with E-state index in [0.717, 1.165) is 24.4 Å². The third-order valence-corrected chi connectivity index (χ3v) is 4.59. The number of nitrogens with zero attached hydrogens (tertiary/aromatic N) is 4. The van der Waals surface area contributed by atoms with E-state index in [1.807, 2.05) is 30.3 Å². The molecule has 3 N–H and O–H groups in total. The van der Waals surface area contributed by atoms with Crippen LogP contribution in [-0.2, 0) is 0 Å². The van der Waals surface area contributed by atoms with Crippen molar-refractivity contribution in [3.05, 3.63) is 36.5 Å². The first-order valence-electron chi connectivity index (χ1n) is 8.98. The molecule has 8 heteroatoms. The lowest BCUT2D eigenvalue weighted by Crippen LogP contribution is -2.35. The normalized spacial score (nSPS) is 14.9. The molecule has 3 aromatic rings. The zero-order valence-corrected chi connectivity index (χ0v) is 15.2. The molecule has 8 nitrogen and oxygen atoms in total. The van der Waals surface area contributed by atoms with E-state index in [4.69, 9.17) is 15.0 Å². The lowest BCUT2D eigenvalue weighted by atomic mass is 10.1. The Morgan fingerprint density at radius 2 is 1.93 bits per heavy atom. The monoisotopic (exact) mass is 366 g/mol. The number of nitrogen functional groups attached to an aromatic ring is 1. The minimum Gasteiger partial charge on any atom is -0.497 e. The molecule has 4 rings (SSSR count). The van der Waals surface area contributed by atoms with Crippen LogP contribution in [0.1, 0.15) is 19.3 Å². The molecule has 1 fully saturated rings. The number of methoxy groups -OCH3 is 1. The molecule has 0 amide bonds. The van der Waals surface area contributed by atoms with Crippen molar-refractivity contribution in [2.24, 2.45) is 0 Å². The summed E-state index contributed by atoms with van der Waals surface area (Å²) in [5.41, 5.74) is 11.6. The quantitative estimate of drug-likeness (QED) is 0.710. The first-order valence-corrected chi connectivity index (χ1v) is 8.98. The van der Waals surface area contributed by atoms with Gasteiger partial charge in [0.15, 0.2) is 5.76 Å². The van der Waals surface area contributed by atoms with Crippen LogP contribution in [0.3, 0.4) is 0 Å². The summed E-state index contributed by atoms with van der Waals surface area (Å²) in [7, 11) is 1.63. The summed E-state index contributed by atoms with van der Waals surface area (Å²) < 4.78 is 10.6. The third kappa shape index (κ3) is 3.85. The van der Waals surface area contributed by atoms with E-state index < -0.39 is 0 Å². The van der Waals surface area contributed by atoms with E-state index in [0.29, 0.717) is 28.8 Å². The molecule has 1 saturated heterocycles. The number of hydrazine groups is 1. The van der Waals surface area contributed by atoms with Gasteiger partial charge >= 0.3 is 0 Å². The Balaban J connectivity index is 1.52.